The molecule has 1 aromatic carbocycles. The van der Waals surface area contributed by atoms with E-state index >= 15 is 0 Å². The highest BCUT2D eigenvalue weighted by Gasteiger charge is 2.33. The number of hydrogen-bond acceptors (Lipinski definition) is 4. The molecule has 7 heteroatoms. The molecule has 2 saturated heterocycles. The van der Waals surface area contributed by atoms with E-state index in [1.807, 2.05) is 19.1 Å². The minimum atomic E-state index is -3.07. The summed E-state index contributed by atoms with van der Waals surface area (Å²) in [6.45, 7) is 2.63. The van der Waals surface area contributed by atoms with Crippen molar-refractivity contribution in [3.63, 3.8) is 0 Å². The Balaban J connectivity index is 1.71. The molecule has 0 aromatic heterocycles. The van der Waals surface area contributed by atoms with E-state index in [-0.39, 0.29) is 23.3 Å². The molecule has 2 amide bonds. The topological polar surface area (TPSA) is 83.6 Å². The molecule has 1 N–H and O–H groups in total. The molecule has 1 aromatic rings. The summed E-state index contributed by atoms with van der Waals surface area (Å²) in [4.78, 5) is 25.8. The van der Waals surface area contributed by atoms with Crippen LogP contribution in [-0.4, -0.2) is 38.3 Å². The number of rotatable bonds is 3. The van der Waals surface area contributed by atoms with Gasteiger partial charge in [-0.2, -0.15) is 0 Å². The van der Waals surface area contributed by atoms with Gasteiger partial charge in [-0.05, 0) is 43.5 Å². The Morgan fingerprint density at radius 3 is 2.70 bits per heavy atom. The molecule has 2 fully saturated rings. The van der Waals surface area contributed by atoms with E-state index < -0.39 is 15.8 Å². The van der Waals surface area contributed by atoms with E-state index in [0.29, 0.717) is 18.5 Å². The van der Waals surface area contributed by atoms with Gasteiger partial charge in [0.2, 0.25) is 11.8 Å². The summed E-state index contributed by atoms with van der Waals surface area (Å²) < 4.78 is 22.9. The van der Waals surface area contributed by atoms with Crippen molar-refractivity contribution >= 4 is 33.0 Å². The molecule has 0 bridgehead atoms. The highest BCUT2D eigenvalue weighted by Crippen LogP contribution is 2.28. The highest BCUT2D eigenvalue weighted by atomic mass is 32.2. The number of carbonyl (C=O) groups is 2. The van der Waals surface area contributed by atoms with Gasteiger partial charge in [-0.25, -0.2) is 8.42 Å². The third-order valence-electron chi connectivity index (χ3n) is 4.43. The number of hydrogen-bond donors (Lipinski definition) is 1. The Morgan fingerprint density at radius 2 is 2.13 bits per heavy atom. The number of nitrogens with zero attached hydrogens (tertiary/aromatic N) is 1. The van der Waals surface area contributed by atoms with Crippen LogP contribution in [0, 0.1) is 12.8 Å². The molecule has 0 radical (unpaired) electrons. The number of sulfone groups is 1. The molecule has 0 aliphatic carbocycles. The average molecular weight is 336 g/mol. The predicted octanol–water partition coefficient (Wildman–Crippen LogP) is 1.50. The lowest BCUT2D eigenvalue weighted by atomic mass is 10.1. The SMILES string of the molecule is Cc1cc(NC(=O)[C@@H]2CCS(=O)(=O)C2)ccc1N1CCCC1=O. The van der Waals surface area contributed by atoms with Crippen LogP contribution in [0.5, 0.6) is 0 Å². The third kappa shape index (κ3) is 3.39. The Bertz CT molecular complexity index is 757. The normalized spacial score (nSPS) is 23.3. The van der Waals surface area contributed by atoms with E-state index in [9.17, 15) is 18.0 Å². The predicted molar refractivity (Wildman–Crippen MR) is 88.2 cm³/mol. The van der Waals surface area contributed by atoms with Crippen LogP contribution >= 0.6 is 0 Å². The second kappa shape index (κ2) is 5.96. The molecule has 2 aliphatic heterocycles. The van der Waals surface area contributed by atoms with E-state index in [1.54, 1.807) is 11.0 Å². The zero-order valence-electron chi connectivity index (χ0n) is 13.0. The fourth-order valence-electron chi connectivity index (χ4n) is 3.19. The molecule has 124 valence electrons. The summed E-state index contributed by atoms with van der Waals surface area (Å²) in [5, 5.41) is 2.78. The van der Waals surface area contributed by atoms with Gasteiger partial charge < -0.3 is 10.2 Å². The van der Waals surface area contributed by atoms with Crippen LogP contribution in [0.3, 0.4) is 0 Å². The maximum atomic E-state index is 12.2. The molecule has 3 rings (SSSR count). The molecular weight excluding hydrogens is 316 g/mol. The Morgan fingerprint density at radius 1 is 1.35 bits per heavy atom. The summed E-state index contributed by atoms with van der Waals surface area (Å²) in [6.07, 6.45) is 1.83. The van der Waals surface area contributed by atoms with Crippen molar-refractivity contribution in [2.75, 3.05) is 28.3 Å². The minimum absolute atomic E-state index is 0.0713. The van der Waals surface area contributed by atoms with Crippen molar-refractivity contribution < 1.29 is 18.0 Å². The maximum absolute atomic E-state index is 12.2. The van der Waals surface area contributed by atoms with Crippen molar-refractivity contribution in [2.45, 2.75) is 26.2 Å². The van der Waals surface area contributed by atoms with Gasteiger partial charge in [0.1, 0.15) is 0 Å². The molecule has 1 atom stereocenters. The van der Waals surface area contributed by atoms with Crippen molar-refractivity contribution in [2.24, 2.45) is 5.92 Å². The minimum Gasteiger partial charge on any atom is -0.326 e. The third-order valence-corrected chi connectivity index (χ3v) is 6.20. The fourth-order valence-corrected chi connectivity index (χ4v) is 4.93. The van der Waals surface area contributed by atoms with Gasteiger partial charge in [-0.3, -0.25) is 9.59 Å². The van der Waals surface area contributed by atoms with Gasteiger partial charge in [0.15, 0.2) is 9.84 Å². The monoisotopic (exact) mass is 336 g/mol. The zero-order chi connectivity index (χ0) is 16.6. The molecule has 0 spiro atoms. The number of carbonyl (C=O) groups excluding carboxylic acids is 2. The first-order valence-electron chi connectivity index (χ1n) is 7.78. The van der Waals surface area contributed by atoms with Crippen LogP contribution in [0.15, 0.2) is 18.2 Å². The van der Waals surface area contributed by atoms with E-state index in [2.05, 4.69) is 5.32 Å². The first-order valence-corrected chi connectivity index (χ1v) is 9.60. The van der Waals surface area contributed by atoms with Gasteiger partial charge in [-0.15, -0.1) is 0 Å². The summed E-state index contributed by atoms with van der Waals surface area (Å²) in [6, 6.07) is 5.41. The van der Waals surface area contributed by atoms with E-state index in [0.717, 1.165) is 24.2 Å². The summed E-state index contributed by atoms with van der Waals surface area (Å²) in [7, 11) is -3.07. The lowest BCUT2D eigenvalue weighted by Crippen LogP contribution is -2.25. The average Bonchev–Trinajstić information content (AvgIpc) is 3.05. The summed E-state index contributed by atoms with van der Waals surface area (Å²) >= 11 is 0. The van der Waals surface area contributed by atoms with Crippen LogP contribution in [0.4, 0.5) is 11.4 Å². The molecule has 23 heavy (non-hydrogen) atoms. The van der Waals surface area contributed by atoms with Crippen LogP contribution in [-0.2, 0) is 19.4 Å². The Labute approximate surface area is 135 Å². The highest BCUT2D eigenvalue weighted by molar-refractivity contribution is 7.91. The summed E-state index contributed by atoms with van der Waals surface area (Å²) in [5.41, 5.74) is 2.42. The van der Waals surface area contributed by atoms with Crippen LogP contribution in [0.2, 0.25) is 0 Å². The van der Waals surface area contributed by atoms with Gasteiger partial charge >= 0.3 is 0 Å². The molecular formula is C16H20N2O4S. The largest absolute Gasteiger partial charge is 0.326 e. The Hall–Kier alpha value is -1.89. The fraction of sp³-hybridized carbons (Fsp3) is 0.500. The van der Waals surface area contributed by atoms with Gasteiger partial charge in [0.05, 0.1) is 17.4 Å². The second-order valence-corrected chi connectivity index (χ2v) is 8.47. The zero-order valence-corrected chi connectivity index (χ0v) is 13.9. The first-order chi connectivity index (χ1) is 10.9. The molecule has 2 heterocycles. The van der Waals surface area contributed by atoms with Crippen LogP contribution in [0.25, 0.3) is 0 Å². The quantitative estimate of drug-likeness (QED) is 0.906. The smallest absolute Gasteiger partial charge is 0.228 e. The van der Waals surface area contributed by atoms with Gasteiger partial charge in [0.25, 0.3) is 0 Å². The van der Waals surface area contributed by atoms with E-state index in [4.69, 9.17) is 0 Å². The van der Waals surface area contributed by atoms with Crippen molar-refractivity contribution in [1.29, 1.82) is 0 Å². The summed E-state index contributed by atoms with van der Waals surface area (Å²) in [5.74, 6) is -0.588. The van der Waals surface area contributed by atoms with Gasteiger partial charge in [-0.1, -0.05) is 0 Å². The standard InChI is InChI=1S/C16H20N2O4S/c1-11-9-13(4-5-14(11)18-7-2-3-15(18)19)17-16(20)12-6-8-23(21,22)10-12/h4-5,9,12H,2-3,6-8,10H2,1H3,(H,17,20)/t12-/m1/s1. The van der Waals surface area contributed by atoms with Crippen molar-refractivity contribution in [3.05, 3.63) is 23.8 Å². The number of nitrogens with one attached hydrogen (secondary N) is 1. The van der Waals surface area contributed by atoms with Crippen LogP contribution in [0.1, 0.15) is 24.8 Å². The molecule has 0 unspecified atom stereocenters. The maximum Gasteiger partial charge on any atom is 0.228 e. The van der Waals surface area contributed by atoms with Crippen LogP contribution < -0.4 is 10.2 Å². The molecule has 2 aliphatic rings. The van der Waals surface area contributed by atoms with E-state index in [1.165, 1.54) is 0 Å². The molecule has 6 nitrogen and oxygen atoms in total. The van der Waals surface area contributed by atoms with Crippen molar-refractivity contribution in [3.8, 4) is 0 Å². The first kappa shape index (κ1) is 16.0. The molecule has 0 saturated carbocycles. The van der Waals surface area contributed by atoms with Gasteiger partial charge in [0, 0.05) is 24.3 Å². The van der Waals surface area contributed by atoms with Crippen molar-refractivity contribution in [1.82, 2.24) is 0 Å². The lowest BCUT2D eigenvalue weighted by molar-refractivity contribution is -0.119. The number of benzene rings is 1. The second-order valence-electron chi connectivity index (χ2n) is 6.24. The lowest BCUT2D eigenvalue weighted by Gasteiger charge is -2.19. The number of amides is 2. The number of anilines is 2. The Kier molecular flexibility index (Phi) is 4.14. The number of aryl methyl sites for hydroxylation is 1.